The Morgan fingerprint density at radius 1 is 1.26 bits per heavy atom. The lowest BCUT2D eigenvalue weighted by atomic mass is 9.89. The van der Waals surface area contributed by atoms with Crippen molar-refractivity contribution < 1.29 is 0 Å². The molecule has 0 unspecified atom stereocenters. The van der Waals surface area contributed by atoms with Gasteiger partial charge in [0.2, 0.25) is 0 Å². The van der Waals surface area contributed by atoms with E-state index in [-0.39, 0.29) is 0 Å². The van der Waals surface area contributed by atoms with Gasteiger partial charge < -0.3 is 5.73 Å². The number of hydrogen-bond acceptors (Lipinski definition) is 4. The van der Waals surface area contributed by atoms with E-state index in [9.17, 15) is 0 Å². The zero-order chi connectivity index (χ0) is 13.3. The van der Waals surface area contributed by atoms with E-state index in [0.717, 1.165) is 23.6 Å². The maximum Gasteiger partial charge on any atom is 0.184 e. The quantitative estimate of drug-likeness (QED) is 0.858. The molecule has 5 heteroatoms. The second-order valence-corrected chi connectivity index (χ2v) is 5.77. The van der Waals surface area contributed by atoms with Gasteiger partial charge in [-0.15, -0.1) is 5.10 Å². The van der Waals surface area contributed by atoms with Gasteiger partial charge in [-0.25, -0.2) is 4.68 Å². The van der Waals surface area contributed by atoms with Crippen molar-refractivity contribution in [2.75, 3.05) is 5.73 Å². The molecule has 0 spiro atoms. The Hall–Kier alpha value is -1.91. The van der Waals surface area contributed by atoms with Crippen LogP contribution in [0.15, 0.2) is 24.3 Å². The van der Waals surface area contributed by atoms with Crippen molar-refractivity contribution in [1.29, 1.82) is 0 Å². The van der Waals surface area contributed by atoms with Crippen molar-refractivity contribution in [3.63, 3.8) is 0 Å². The van der Waals surface area contributed by atoms with E-state index in [4.69, 9.17) is 5.73 Å². The Bertz CT molecular complexity index is 569. The fourth-order valence-electron chi connectivity index (χ4n) is 2.95. The number of aromatic nitrogens is 4. The van der Waals surface area contributed by atoms with E-state index >= 15 is 0 Å². The van der Waals surface area contributed by atoms with Gasteiger partial charge in [-0.3, -0.25) is 0 Å². The number of nitrogen functional groups attached to an aromatic ring is 1. The van der Waals surface area contributed by atoms with Crippen LogP contribution in [0.1, 0.15) is 32.6 Å². The van der Waals surface area contributed by atoms with Crippen LogP contribution in [0.2, 0.25) is 0 Å². The third-order valence-electron chi connectivity index (χ3n) is 4.08. The van der Waals surface area contributed by atoms with Crippen LogP contribution >= 0.6 is 0 Å². The minimum atomic E-state index is 0.313. The molecular weight excluding hydrogens is 238 g/mol. The summed E-state index contributed by atoms with van der Waals surface area (Å²) in [6.07, 6.45) is 5.11. The van der Waals surface area contributed by atoms with Gasteiger partial charge in [0.05, 0.1) is 6.54 Å². The fourth-order valence-corrected chi connectivity index (χ4v) is 2.95. The molecule has 1 aliphatic rings. The first-order valence-corrected chi connectivity index (χ1v) is 6.79. The van der Waals surface area contributed by atoms with Gasteiger partial charge in [0.15, 0.2) is 5.82 Å². The van der Waals surface area contributed by atoms with E-state index < -0.39 is 0 Å². The molecule has 3 rings (SSSR count). The molecule has 1 fully saturated rings. The number of benzene rings is 1. The van der Waals surface area contributed by atoms with E-state index in [2.05, 4.69) is 22.4 Å². The summed E-state index contributed by atoms with van der Waals surface area (Å²) < 4.78 is 1.90. The molecule has 1 saturated carbocycles. The van der Waals surface area contributed by atoms with Crippen LogP contribution in [-0.4, -0.2) is 20.2 Å². The van der Waals surface area contributed by atoms with Crippen LogP contribution < -0.4 is 5.73 Å². The number of hydrogen-bond donors (Lipinski definition) is 1. The number of para-hydroxylation sites is 1. The van der Waals surface area contributed by atoms with Crippen molar-refractivity contribution >= 4 is 5.69 Å². The molecule has 0 saturated heterocycles. The first-order chi connectivity index (χ1) is 9.18. The van der Waals surface area contributed by atoms with Crippen molar-refractivity contribution in [2.45, 2.75) is 39.2 Å². The molecule has 0 amide bonds. The molecule has 19 heavy (non-hydrogen) atoms. The number of nitrogens with zero attached hydrogens (tertiary/aromatic N) is 4. The molecule has 0 aliphatic heterocycles. The minimum Gasteiger partial charge on any atom is -0.398 e. The highest BCUT2D eigenvalue weighted by Crippen LogP contribution is 2.39. The van der Waals surface area contributed by atoms with Crippen molar-refractivity contribution in [3.05, 3.63) is 24.3 Å². The van der Waals surface area contributed by atoms with Gasteiger partial charge in [0.25, 0.3) is 0 Å². The van der Waals surface area contributed by atoms with Crippen LogP contribution in [-0.2, 0) is 6.54 Å². The largest absolute Gasteiger partial charge is 0.398 e. The second kappa shape index (κ2) is 4.64. The standard InChI is InChI=1S/C14H19N5/c1-14(8-4-5-9-14)10-19-13(16-17-18-19)11-6-2-3-7-12(11)15/h2-3,6-7H,4-5,8-10,15H2,1H3. The molecule has 0 atom stereocenters. The molecule has 1 aliphatic carbocycles. The first-order valence-electron chi connectivity index (χ1n) is 6.79. The van der Waals surface area contributed by atoms with Crippen LogP contribution in [0.5, 0.6) is 0 Å². The van der Waals surface area contributed by atoms with E-state index in [1.165, 1.54) is 25.7 Å². The zero-order valence-corrected chi connectivity index (χ0v) is 11.2. The Balaban J connectivity index is 1.93. The summed E-state index contributed by atoms with van der Waals surface area (Å²) in [5, 5.41) is 12.1. The average molecular weight is 257 g/mol. The molecular formula is C14H19N5. The van der Waals surface area contributed by atoms with E-state index in [0.29, 0.717) is 5.41 Å². The molecule has 1 aromatic heterocycles. The maximum atomic E-state index is 6.01. The van der Waals surface area contributed by atoms with Gasteiger partial charge in [-0.05, 0) is 40.8 Å². The Kier molecular flexibility index (Phi) is 2.97. The topological polar surface area (TPSA) is 69.6 Å². The summed E-state index contributed by atoms with van der Waals surface area (Å²) in [5.41, 5.74) is 7.95. The highest BCUT2D eigenvalue weighted by atomic mass is 15.5. The molecule has 1 aromatic carbocycles. The summed E-state index contributed by atoms with van der Waals surface area (Å²) in [4.78, 5) is 0. The monoisotopic (exact) mass is 257 g/mol. The molecule has 0 bridgehead atoms. The summed E-state index contributed by atoms with van der Waals surface area (Å²) >= 11 is 0. The molecule has 5 nitrogen and oxygen atoms in total. The lowest BCUT2D eigenvalue weighted by Crippen LogP contribution is -2.21. The number of anilines is 1. The van der Waals surface area contributed by atoms with Gasteiger partial charge in [0.1, 0.15) is 0 Å². The Morgan fingerprint density at radius 3 is 2.74 bits per heavy atom. The minimum absolute atomic E-state index is 0.313. The number of rotatable bonds is 3. The summed E-state index contributed by atoms with van der Waals surface area (Å²) in [7, 11) is 0. The SMILES string of the molecule is CC1(Cn2nnnc2-c2ccccc2N)CCCC1. The summed E-state index contributed by atoms with van der Waals surface area (Å²) in [5.74, 6) is 0.770. The van der Waals surface area contributed by atoms with Crippen molar-refractivity contribution in [3.8, 4) is 11.4 Å². The van der Waals surface area contributed by atoms with Gasteiger partial charge in [0, 0.05) is 11.3 Å². The molecule has 2 N–H and O–H groups in total. The predicted molar refractivity (Wildman–Crippen MR) is 74.2 cm³/mol. The van der Waals surface area contributed by atoms with Gasteiger partial charge >= 0.3 is 0 Å². The number of nitrogens with two attached hydrogens (primary N) is 1. The molecule has 100 valence electrons. The third kappa shape index (κ3) is 2.32. The first kappa shape index (κ1) is 12.1. The fraction of sp³-hybridized carbons (Fsp3) is 0.500. The Morgan fingerprint density at radius 2 is 2.00 bits per heavy atom. The Labute approximate surface area is 112 Å². The lowest BCUT2D eigenvalue weighted by Gasteiger charge is -2.23. The van der Waals surface area contributed by atoms with Gasteiger partial charge in [-0.2, -0.15) is 0 Å². The molecule has 2 aromatic rings. The van der Waals surface area contributed by atoms with Crippen LogP contribution in [0, 0.1) is 5.41 Å². The van der Waals surface area contributed by atoms with Gasteiger partial charge in [-0.1, -0.05) is 31.9 Å². The van der Waals surface area contributed by atoms with Crippen molar-refractivity contribution in [1.82, 2.24) is 20.2 Å². The highest BCUT2D eigenvalue weighted by Gasteiger charge is 2.30. The lowest BCUT2D eigenvalue weighted by molar-refractivity contribution is 0.267. The second-order valence-electron chi connectivity index (χ2n) is 5.77. The summed E-state index contributed by atoms with van der Waals surface area (Å²) in [6, 6.07) is 7.73. The predicted octanol–water partition coefficient (Wildman–Crippen LogP) is 2.50. The third-order valence-corrected chi connectivity index (χ3v) is 4.08. The van der Waals surface area contributed by atoms with Crippen molar-refractivity contribution in [2.24, 2.45) is 5.41 Å². The van der Waals surface area contributed by atoms with Crippen LogP contribution in [0.25, 0.3) is 11.4 Å². The maximum absolute atomic E-state index is 6.01. The zero-order valence-electron chi connectivity index (χ0n) is 11.2. The average Bonchev–Trinajstić information content (AvgIpc) is 3.00. The molecule has 0 radical (unpaired) electrons. The normalized spacial score (nSPS) is 17.7. The smallest absolute Gasteiger partial charge is 0.184 e. The number of tetrazole rings is 1. The summed E-state index contributed by atoms with van der Waals surface area (Å²) in [6.45, 7) is 3.18. The molecule has 1 heterocycles. The van der Waals surface area contributed by atoms with E-state index in [1.807, 2.05) is 28.9 Å². The van der Waals surface area contributed by atoms with Crippen LogP contribution in [0.3, 0.4) is 0 Å². The van der Waals surface area contributed by atoms with Crippen LogP contribution in [0.4, 0.5) is 5.69 Å². The highest BCUT2D eigenvalue weighted by molar-refractivity contribution is 5.70. The van der Waals surface area contributed by atoms with E-state index in [1.54, 1.807) is 0 Å².